The molecule has 1 aliphatic carbocycles. The van der Waals surface area contributed by atoms with Crippen LogP contribution in [0.1, 0.15) is 47.6 Å². The van der Waals surface area contributed by atoms with Crippen LogP contribution in [-0.4, -0.2) is 27.4 Å². The number of hydrogen-bond donors (Lipinski definition) is 0. The first-order valence-corrected chi connectivity index (χ1v) is 10.4. The highest BCUT2D eigenvalue weighted by atomic mass is 16.6. The number of fused-ring (bicyclic) bond motifs is 1. The fraction of sp³-hybridized carbons (Fsp3) is 0.320. The lowest BCUT2D eigenvalue weighted by atomic mass is 9.96. The molecule has 0 bridgehead atoms. The van der Waals surface area contributed by atoms with Crippen LogP contribution in [0.5, 0.6) is 0 Å². The maximum Gasteiger partial charge on any atom is 0.417 e. The maximum atomic E-state index is 13.1. The van der Waals surface area contributed by atoms with Gasteiger partial charge < -0.3 is 4.74 Å². The number of rotatable bonds is 4. The number of hydrogen-bond acceptors (Lipinski definition) is 4. The van der Waals surface area contributed by atoms with E-state index in [1.165, 1.54) is 4.90 Å². The van der Waals surface area contributed by atoms with Crippen LogP contribution in [0.15, 0.2) is 54.9 Å². The third kappa shape index (κ3) is 3.05. The minimum atomic E-state index is -0.522. The zero-order valence-corrected chi connectivity index (χ0v) is 17.2. The van der Waals surface area contributed by atoms with Crippen LogP contribution in [0.2, 0.25) is 0 Å². The van der Waals surface area contributed by atoms with Crippen LogP contribution in [0.4, 0.5) is 4.79 Å². The van der Waals surface area contributed by atoms with Gasteiger partial charge >= 0.3 is 6.09 Å². The Hall–Kier alpha value is -3.21. The van der Waals surface area contributed by atoms with Gasteiger partial charge in [0.1, 0.15) is 0 Å². The van der Waals surface area contributed by atoms with Crippen molar-refractivity contribution >= 4 is 22.8 Å². The van der Waals surface area contributed by atoms with Crippen LogP contribution in [0, 0.1) is 13.8 Å². The first kappa shape index (κ1) is 18.8. The fourth-order valence-corrected chi connectivity index (χ4v) is 4.80. The summed E-state index contributed by atoms with van der Waals surface area (Å²) in [5, 5.41) is 2.15. The highest BCUT2D eigenvalue weighted by Gasteiger charge is 2.65. The maximum absolute atomic E-state index is 13.1. The molecule has 1 saturated carbocycles. The number of imide groups is 1. The molecule has 2 fully saturated rings. The van der Waals surface area contributed by atoms with E-state index < -0.39 is 11.6 Å². The molecule has 152 valence electrons. The van der Waals surface area contributed by atoms with Crippen LogP contribution in [0.3, 0.4) is 0 Å². The summed E-state index contributed by atoms with van der Waals surface area (Å²) in [7, 11) is 0. The second-order valence-electron chi connectivity index (χ2n) is 8.54. The zero-order chi connectivity index (χ0) is 20.9. The molecule has 1 unspecified atom stereocenters. The Morgan fingerprint density at radius 2 is 1.87 bits per heavy atom. The van der Waals surface area contributed by atoms with Crippen molar-refractivity contribution in [1.82, 2.24) is 9.88 Å². The topological polar surface area (TPSA) is 59.5 Å². The van der Waals surface area contributed by atoms with Crippen molar-refractivity contribution in [3.63, 3.8) is 0 Å². The molecule has 1 aliphatic heterocycles. The summed E-state index contributed by atoms with van der Waals surface area (Å²) in [4.78, 5) is 31.5. The van der Waals surface area contributed by atoms with Crippen molar-refractivity contribution in [2.45, 2.75) is 51.2 Å². The second-order valence-corrected chi connectivity index (χ2v) is 8.54. The first-order chi connectivity index (χ1) is 14.5. The molecule has 30 heavy (non-hydrogen) atoms. The highest BCUT2D eigenvalue weighted by molar-refractivity contribution is 5.96. The smallest absolute Gasteiger partial charge is 0.417 e. The van der Waals surface area contributed by atoms with Gasteiger partial charge in [0.05, 0.1) is 5.54 Å². The van der Waals surface area contributed by atoms with Gasteiger partial charge in [0.25, 0.3) is 0 Å². The van der Waals surface area contributed by atoms with Gasteiger partial charge in [0.2, 0.25) is 5.91 Å². The number of carbonyl (C=O) groups is 2. The van der Waals surface area contributed by atoms with Crippen LogP contribution >= 0.6 is 0 Å². The molecule has 1 saturated heterocycles. The minimum Gasteiger partial charge on any atom is -0.438 e. The summed E-state index contributed by atoms with van der Waals surface area (Å²) in [6.45, 7) is 4.07. The number of cyclic esters (lactones) is 1. The summed E-state index contributed by atoms with van der Waals surface area (Å²) in [5.74, 6) is -0.169. The van der Waals surface area contributed by atoms with Crippen molar-refractivity contribution < 1.29 is 14.3 Å². The van der Waals surface area contributed by atoms with Gasteiger partial charge in [-0.15, -0.1) is 0 Å². The van der Waals surface area contributed by atoms with Crippen LogP contribution in [0.25, 0.3) is 10.8 Å². The van der Waals surface area contributed by atoms with E-state index in [9.17, 15) is 9.59 Å². The van der Waals surface area contributed by atoms with E-state index in [4.69, 9.17) is 4.74 Å². The summed E-state index contributed by atoms with van der Waals surface area (Å²) in [5.41, 5.74) is 3.73. The van der Waals surface area contributed by atoms with Crippen molar-refractivity contribution in [1.29, 1.82) is 0 Å². The molecule has 5 rings (SSSR count). The van der Waals surface area contributed by atoms with Gasteiger partial charge in [0.15, 0.2) is 6.10 Å². The lowest BCUT2D eigenvalue weighted by molar-refractivity contribution is -0.129. The Labute approximate surface area is 175 Å². The van der Waals surface area contributed by atoms with Gasteiger partial charge in [-0.3, -0.25) is 9.78 Å². The second kappa shape index (κ2) is 6.94. The van der Waals surface area contributed by atoms with Gasteiger partial charge in [-0.05, 0) is 49.6 Å². The SMILES string of the molecule is Cc1cc(C)cc(C2OC(=O)N(C(=O)CCc3cncc4ccccc34)C23CC3)c1. The normalized spacial score (nSPS) is 19.3. The first-order valence-electron chi connectivity index (χ1n) is 10.4. The van der Waals surface area contributed by atoms with E-state index in [1.807, 2.05) is 50.5 Å². The van der Waals surface area contributed by atoms with Crippen LogP contribution in [-0.2, 0) is 16.0 Å². The Balaban J connectivity index is 1.38. The number of pyridine rings is 1. The average molecular weight is 400 g/mol. The fourth-order valence-electron chi connectivity index (χ4n) is 4.80. The average Bonchev–Trinajstić information content (AvgIpc) is 3.44. The summed E-state index contributed by atoms with van der Waals surface area (Å²) >= 11 is 0. The van der Waals surface area contributed by atoms with Gasteiger partial charge in [0, 0.05) is 24.2 Å². The van der Waals surface area contributed by atoms with E-state index in [0.29, 0.717) is 6.42 Å². The molecule has 1 aromatic heterocycles. The molecule has 1 spiro atoms. The van der Waals surface area contributed by atoms with Crippen LogP contribution < -0.4 is 0 Å². The number of aromatic nitrogens is 1. The van der Waals surface area contributed by atoms with Gasteiger partial charge in [-0.1, -0.05) is 53.6 Å². The monoisotopic (exact) mass is 400 g/mol. The molecule has 3 aromatic rings. The van der Waals surface area contributed by atoms with Crippen molar-refractivity contribution in [2.75, 3.05) is 0 Å². The Morgan fingerprint density at radius 1 is 1.13 bits per heavy atom. The van der Waals surface area contributed by atoms with E-state index in [-0.39, 0.29) is 18.4 Å². The predicted molar refractivity (Wildman–Crippen MR) is 114 cm³/mol. The number of aryl methyl sites for hydroxylation is 3. The lowest BCUT2D eigenvalue weighted by Crippen LogP contribution is -2.41. The Morgan fingerprint density at radius 3 is 2.60 bits per heavy atom. The van der Waals surface area contributed by atoms with E-state index >= 15 is 0 Å². The Bertz CT molecular complexity index is 1140. The van der Waals surface area contributed by atoms with Gasteiger partial charge in [-0.2, -0.15) is 0 Å². The van der Waals surface area contributed by atoms with E-state index in [1.54, 1.807) is 0 Å². The summed E-state index contributed by atoms with van der Waals surface area (Å²) in [6.07, 6.45) is 5.11. The standard InChI is InChI=1S/C25H24N2O3/c1-16-11-17(2)13-20(12-16)23-25(9-10-25)27(24(29)30-23)22(28)8-7-19-15-26-14-18-5-3-4-6-21(18)19/h3-6,11-15,23H,7-10H2,1-2H3. The molecule has 0 N–H and O–H groups in total. The van der Waals surface area contributed by atoms with Crippen molar-refractivity contribution in [2.24, 2.45) is 0 Å². The third-order valence-corrected chi connectivity index (χ3v) is 6.25. The highest BCUT2D eigenvalue weighted by Crippen LogP contribution is 2.57. The number of ether oxygens (including phenoxy) is 1. The molecule has 2 amide bonds. The van der Waals surface area contributed by atoms with Crippen molar-refractivity contribution in [3.8, 4) is 0 Å². The van der Waals surface area contributed by atoms with E-state index in [2.05, 4.69) is 23.2 Å². The van der Waals surface area contributed by atoms with E-state index in [0.717, 1.165) is 45.9 Å². The molecular formula is C25H24N2O3. The molecular weight excluding hydrogens is 376 g/mol. The third-order valence-electron chi connectivity index (χ3n) is 6.25. The molecule has 5 heteroatoms. The molecule has 0 radical (unpaired) electrons. The molecule has 2 aliphatic rings. The molecule has 2 aromatic carbocycles. The molecule has 5 nitrogen and oxygen atoms in total. The summed E-state index contributed by atoms with van der Waals surface area (Å²) < 4.78 is 5.75. The number of carbonyl (C=O) groups excluding carboxylic acids is 2. The minimum absolute atomic E-state index is 0.169. The zero-order valence-electron chi connectivity index (χ0n) is 17.2. The lowest BCUT2D eigenvalue weighted by Gasteiger charge is -2.23. The quantitative estimate of drug-likeness (QED) is 0.616. The largest absolute Gasteiger partial charge is 0.438 e. The number of benzene rings is 2. The molecule has 2 heterocycles. The summed E-state index contributed by atoms with van der Waals surface area (Å²) in [6, 6.07) is 14.2. The van der Waals surface area contributed by atoms with Crippen molar-refractivity contribution in [3.05, 3.63) is 77.1 Å². The predicted octanol–water partition coefficient (Wildman–Crippen LogP) is 5.04. The Kier molecular flexibility index (Phi) is 4.35. The van der Waals surface area contributed by atoms with Gasteiger partial charge in [-0.25, -0.2) is 9.69 Å². The number of nitrogens with zero attached hydrogens (tertiary/aromatic N) is 2. The molecule has 1 atom stereocenters. The number of amides is 2.